The molecule has 1 aliphatic rings. The van der Waals surface area contributed by atoms with Crippen molar-refractivity contribution in [1.82, 2.24) is 5.32 Å². The minimum Gasteiger partial charge on any atom is -0.324 e. The Kier molecular flexibility index (Phi) is 2.44. The summed E-state index contributed by atoms with van der Waals surface area (Å²) in [4.78, 5) is 11.5. The van der Waals surface area contributed by atoms with Gasteiger partial charge in [0, 0.05) is 17.3 Å². The molecule has 0 spiro atoms. The molecule has 0 saturated carbocycles. The van der Waals surface area contributed by atoms with E-state index in [2.05, 4.69) is 10.6 Å². The van der Waals surface area contributed by atoms with Gasteiger partial charge in [-0.2, -0.15) is 0 Å². The van der Waals surface area contributed by atoms with Crippen molar-refractivity contribution < 1.29 is 4.79 Å². The molecule has 74 valence electrons. The molecule has 0 saturated heterocycles. The van der Waals surface area contributed by atoms with E-state index in [9.17, 15) is 4.79 Å². The van der Waals surface area contributed by atoms with Crippen molar-refractivity contribution in [2.45, 2.75) is 19.5 Å². The second-order valence-corrected chi connectivity index (χ2v) is 3.83. The number of carbonyl (C=O) groups excluding carboxylic acids is 1. The molecule has 3 nitrogen and oxygen atoms in total. The summed E-state index contributed by atoms with van der Waals surface area (Å²) in [6.45, 7) is 2.50. The molecule has 0 bridgehead atoms. The third-order valence-corrected chi connectivity index (χ3v) is 2.55. The summed E-state index contributed by atoms with van der Waals surface area (Å²) in [5.41, 5.74) is 1.87. The topological polar surface area (TPSA) is 41.1 Å². The standard InChI is InChI=1S/C10H11ClN2O/c1-6-10(14)13-9-3-2-8(11)4-7(9)5-12-6/h2-4,6,12H,5H2,1H3,(H,13,14)/t6-/m0/s1. The number of halogens is 1. The summed E-state index contributed by atoms with van der Waals surface area (Å²) in [5, 5.41) is 6.64. The number of rotatable bonds is 0. The molecule has 14 heavy (non-hydrogen) atoms. The van der Waals surface area contributed by atoms with Gasteiger partial charge in [-0.15, -0.1) is 0 Å². The summed E-state index contributed by atoms with van der Waals surface area (Å²) >= 11 is 5.86. The summed E-state index contributed by atoms with van der Waals surface area (Å²) in [6, 6.07) is 5.30. The molecule has 2 N–H and O–H groups in total. The maximum absolute atomic E-state index is 11.5. The van der Waals surface area contributed by atoms with Crippen molar-refractivity contribution in [1.29, 1.82) is 0 Å². The second-order valence-electron chi connectivity index (χ2n) is 3.39. The number of nitrogens with one attached hydrogen (secondary N) is 2. The molecule has 1 aromatic rings. The van der Waals surface area contributed by atoms with E-state index < -0.39 is 0 Å². The third kappa shape index (κ3) is 1.74. The van der Waals surface area contributed by atoms with Crippen LogP contribution in [0.15, 0.2) is 18.2 Å². The first kappa shape index (κ1) is 9.49. The third-order valence-electron chi connectivity index (χ3n) is 2.32. The fourth-order valence-electron chi connectivity index (χ4n) is 1.43. The largest absolute Gasteiger partial charge is 0.324 e. The van der Waals surface area contributed by atoms with Gasteiger partial charge < -0.3 is 10.6 Å². The van der Waals surface area contributed by atoms with Crippen molar-refractivity contribution in [3.05, 3.63) is 28.8 Å². The number of anilines is 1. The van der Waals surface area contributed by atoms with E-state index in [1.54, 1.807) is 6.07 Å². The summed E-state index contributed by atoms with van der Waals surface area (Å²) < 4.78 is 0. The van der Waals surface area contributed by atoms with Crippen molar-refractivity contribution in [3.8, 4) is 0 Å². The molecule has 1 atom stereocenters. The quantitative estimate of drug-likeness (QED) is 0.685. The van der Waals surface area contributed by atoms with Crippen LogP contribution in [0.5, 0.6) is 0 Å². The zero-order valence-electron chi connectivity index (χ0n) is 7.80. The van der Waals surface area contributed by atoms with E-state index in [1.807, 2.05) is 19.1 Å². The Morgan fingerprint density at radius 1 is 1.50 bits per heavy atom. The maximum Gasteiger partial charge on any atom is 0.241 e. The van der Waals surface area contributed by atoms with Crippen LogP contribution in [0.1, 0.15) is 12.5 Å². The second kappa shape index (κ2) is 3.59. The zero-order valence-corrected chi connectivity index (χ0v) is 8.56. The highest BCUT2D eigenvalue weighted by Gasteiger charge is 2.18. The van der Waals surface area contributed by atoms with Crippen molar-refractivity contribution in [2.75, 3.05) is 5.32 Å². The highest BCUT2D eigenvalue weighted by Crippen LogP contribution is 2.22. The molecular formula is C10H11ClN2O. The van der Waals surface area contributed by atoms with E-state index >= 15 is 0 Å². The lowest BCUT2D eigenvalue weighted by Crippen LogP contribution is -2.34. The van der Waals surface area contributed by atoms with Crippen LogP contribution in [0.2, 0.25) is 5.02 Å². The van der Waals surface area contributed by atoms with Crippen molar-refractivity contribution in [2.24, 2.45) is 0 Å². The Hall–Kier alpha value is -1.06. The molecular weight excluding hydrogens is 200 g/mol. The van der Waals surface area contributed by atoms with Crippen molar-refractivity contribution >= 4 is 23.2 Å². The van der Waals surface area contributed by atoms with E-state index in [4.69, 9.17) is 11.6 Å². The van der Waals surface area contributed by atoms with Gasteiger partial charge in [0.15, 0.2) is 0 Å². The Bertz CT molecular complexity index is 378. The van der Waals surface area contributed by atoms with Gasteiger partial charge in [-0.1, -0.05) is 11.6 Å². The van der Waals surface area contributed by atoms with E-state index in [0.717, 1.165) is 11.3 Å². The predicted octanol–water partition coefficient (Wildman–Crippen LogP) is 1.77. The van der Waals surface area contributed by atoms with Crippen LogP contribution in [-0.2, 0) is 11.3 Å². The molecule has 1 aliphatic heterocycles. The van der Waals surface area contributed by atoms with Crippen LogP contribution in [0.4, 0.5) is 5.69 Å². The molecule has 4 heteroatoms. The SMILES string of the molecule is C[C@@H]1NCc2cc(Cl)ccc2NC1=O. The lowest BCUT2D eigenvalue weighted by molar-refractivity contribution is -0.117. The van der Waals surface area contributed by atoms with Crippen LogP contribution >= 0.6 is 11.6 Å². The highest BCUT2D eigenvalue weighted by atomic mass is 35.5. The Morgan fingerprint density at radius 2 is 2.29 bits per heavy atom. The van der Waals surface area contributed by atoms with Crippen LogP contribution in [0, 0.1) is 0 Å². The number of fused-ring (bicyclic) bond motifs is 1. The van der Waals surface area contributed by atoms with Crippen LogP contribution in [0.25, 0.3) is 0 Å². The molecule has 0 radical (unpaired) electrons. The number of hydrogen-bond donors (Lipinski definition) is 2. The van der Waals surface area contributed by atoms with E-state index in [1.165, 1.54) is 0 Å². The molecule has 1 heterocycles. The predicted molar refractivity (Wildman–Crippen MR) is 56.4 cm³/mol. The fourth-order valence-corrected chi connectivity index (χ4v) is 1.62. The average Bonchev–Trinajstić information content (AvgIpc) is 2.29. The Balaban J connectivity index is 2.37. The maximum atomic E-state index is 11.5. The molecule has 1 amide bonds. The van der Waals surface area contributed by atoms with Crippen LogP contribution in [0.3, 0.4) is 0 Å². The number of amides is 1. The first-order chi connectivity index (χ1) is 6.66. The van der Waals surface area contributed by atoms with E-state index in [-0.39, 0.29) is 11.9 Å². The minimum atomic E-state index is -0.166. The number of benzene rings is 1. The van der Waals surface area contributed by atoms with Crippen LogP contribution in [-0.4, -0.2) is 11.9 Å². The Labute approximate surface area is 87.4 Å². The number of carbonyl (C=O) groups is 1. The molecule has 0 unspecified atom stereocenters. The first-order valence-corrected chi connectivity index (χ1v) is 4.87. The minimum absolute atomic E-state index is 0.00827. The summed E-state index contributed by atoms with van der Waals surface area (Å²) in [5.74, 6) is -0.00827. The highest BCUT2D eigenvalue weighted by molar-refractivity contribution is 6.30. The van der Waals surface area contributed by atoms with Gasteiger partial charge in [-0.05, 0) is 30.7 Å². The average molecular weight is 211 g/mol. The van der Waals surface area contributed by atoms with Crippen molar-refractivity contribution in [3.63, 3.8) is 0 Å². The smallest absolute Gasteiger partial charge is 0.241 e. The lowest BCUT2D eigenvalue weighted by Gasteiger charge is -2.06. The van der Waals surface area contributed by atoms with Gasteiger partial charge in [0.2, 0.25) is 5.91 Å². The van der Waals surface area contributed by atoms with Gasteiger partial charge in [-0.3, -0.25) is 4.79 Å². The first-order valence-electron chi connectivity index (χ1n) is 4.49. The van der Waals surface area contributed by atoms with Gasteiger partial charge >= 0.3 is 0 Å². The van der Waals surface area contributed by atoms with Crippen LogP contribution < -0.4 is 10.6 Å². The fraction of sp³-hybridized carbons (Fsp3) is 0.300. The summed E-state index contributed by atoms with van der Waals surface area (Å²) in [7, 11) is 0. The van der Waals surface area contributed by atoms with Gasteiger partial charge in [-0.25, -0.2) is 0 Å². The Morgan fingerprint density at radius 3 is 3.07 bits per heavy atom. The molecule has 0 aliphatic carbocycles. The lowest BCUT2D eigenvalue weighted by atomic mass is 10.2. The zero-order chi connectivity index (χ0) is 10.1. The monoisotopic (exact) mass is 210 g/mol. The summed E-state index contributed by atoms with van der Waals surface area (Å²) in [6.07, 6.45) is 0. The normalized spacial score (nSPS) is 21.0. The molecule has 1 aromatic carbocycles. The molecule has 0 aromatic heterocycles. The van der Waals surface area contributed by atoms with Gasteiger partial charge in [0.25, 0.3) is 0 Å². The van der Waals surface area contributed by atoms with E-state index in [0.29, 0.717) is 11.6 Å². The van der Waals surface area contributed by atoms with Gasteiger partial charge in [0.1, 0.15) is 0 Å². The molecule has 2 rings (SSSR count). The van der Waals surface area contributed by atoms with Gasteiger partial charge in [0.05, 0.1) is 6.04 Å². The number of hydrogen-bond acceptors (Lipinski definition) is 2. The molecule has 0 fully saturated rings.